The van der Waals surface area contributed by atoms with Gasteiger partial charge >= 0.3 is 0 Å². The average Bonchev–Trinajstić information content (AvgIpc) is 3.16. The summed E-state index contributed by atoms with van der Waals surface area (Å²) in [5.74, 6) is 1.28. The van der Waals surface area contributed by atoms with Crippen LogP contribution in [0.2, 0.25) is 0 Å². The Hall–Kier alpha value is -2.44. The fraction of sp³-hybridized carbons (Fsp3) is 0.474. The van der Waals surface area contributed by atoms with Gasteiger partial charge in [0.25, 0.3) is 0 Å². The number of benzene rings is 1. The Balaban J connectivity index is 0.00000320. The number of amides is 1. The number of hydrogen-bond acceptors (Lipinski definition) is 5. The Morgan fingerprint density at radius 3 is 2.47 bits per heavy atom. The van der Waals surface area contributed by atoms with E-state index in [2.05, 4.69) is 30.6 Å². The number of anilines is 1. The monoisotopic (exact) mass is 530 g/mol. The van der Waals surface area contributed by atoms with Crippen LogP contribution in [-0.2, 0) is 18.4 Å². The largest absolute Gasteiger partial charge is 0.368 e. The molecule has 0 atom stereocenters. The fourth-order valence-corrected chi connectivity index (χ4v) is 3.18. The summed E-state index contributed by atoms with van der Waals surface area (Å²) in [7, 11) is 3.51. The van der Waals surface area contributed by atoms with Crippen LogP contribution in [0, 0.1) is 5.82 Å². The van der Waals surface area contributed by atoms with Gasteiger partial charge in [0, 0.05) is 58.9 Å². The molecule has 0 unspecified atom stereocenters. The van der Waals surface area contributed by atoms with Crippen LogP contribution in [0.1, 0.15) is 12.2 Å². The van der Waals surface area contributed by atoms with Crippen molar-refractivity contribution in [1.29, 1.82) is 0 Å². The van der Waals surface area contributed by atoms with Gasteiger partial charge in [-0.25, -0.2) is 9.37 Å². The molecule has 1 aromatic heterocycles. The van der Waals surface area contributed by atoms with Crippen molar-refractivity contribution in [1.82, 2.24) is 30.3 Å². The zero-order valence-electron chi connectivity index (χ0n) is 17.2. The number of halogens is 2. The van der Waals surface area contributed by atoms with Crippen LogP contribution in [0.5, 0.6) is 0 Å². The van der Waals surface area contributed by atoms with Gasteiger partial charge in [-0.15, -0.1) is 24.0 Å². The topological polar surface area (TPSA) is 90.7 Å². The van der Waals surface area contributed by atoms with Crippen molar-refractivity contribution >= 4 is 41.5 Å². The molecule has 0 bridgehead atoms. The summed E-state index contributed by atoms with van der Waals surface area (Å²) in [4.78, 5) is 24.8. The number of piperazine rings is 1. The average molecular weight is 530 g/mol. The lowest BCUT2D eigenvalue weighted by Gasteiger charge is -2.36. The standard InChI is InChI=1S/C19H27FN8O.HI/c1-21-19(23-13-17-24-14-25-26(17)2)22-8-7-18(29)28-11-9-27(10-12-28)16-5-3-15(20)4-6-16;/h3-6,14H,7-13H2,1-2H3,(H2,21,22,23);1H. The summed E-state index contributed by atoms with van der Waals surface area (Å²) < 4.78 is 14.8. The molecule has 2 N–H and O–H groups in total. The summed E-state index contributed by atoms with van der Waals surface area (Å²) in [5, 5.41) is 10.3. The van der Waals surface area contributed by atoms with Crippen LogP contribution in [0.4, 0.5) is 10.1 Å². The number of aliphatic imine (C=N–C) groups is 1. The first-order chi connectivity index (χ1) is 14.1. The molecule has 164 valence electrons. The third-order valence-corrected chi connectivity index (χ3v) is 4.90. The van der Waals surface area contributed by atoms with E-state index in [1.54, 1.807) is 23.9 Å². The summed E-state index contributed by atoms with van der Waals surface area (Å²) in [6, 6.07) is 6.47. The molecule has 30 heavy (non-hydrogen) atoms. The van der Waals surface area contributed by atoms with Gasteiger partial charge in [0.1, 0.15) is 18.0 Å². The second-order valence-electron chi connectivity index (χ2n) is 6.75. The zero-order chi connectivity index (χ0) is 20.6. The molecular formula is C19H28FIN8O. The van der Waals surface area contributed by atoms with Crippen LogP contribution in [0.15, 0.2) is 35.6 Å². The molecule has 9 nitrogen and oxygen atoms in total. The second kappa shape index (κ2) is 11.7. The molecule has 0 spiro atoms. The summed E-state index contributed by atoms with van der Waals surface area (Å²) in [5.41, 5.74) is 0.984. The molecule has 0 saturated carbocycles. The molecule has 1 amide bonds. The SMILES string of the molecule is CN=C(NCCC(=O)N1CCN(c2ccc(F)cc2)CC1)NCc1ncnn1C.I. The third kappa shape index (κ3) is 6.54. The first-order valence-electron chi connectivity index (χ1n) is 9.62. The number of carbonyl (C=O) groups is 1. The molecule has 2 aromatic rings. The second-order valence-corrected chi connectivity index (χ2v) is 6.75. The highest BCUT2D eigenvalue weighted by Crippen LogP contribution is 2.17. The van der Waals surface area contributed by atoms with E-state index >= 15 is 0 Å². The van der Waals surface area contributed by atoms with Crippen LogP contribution in [-0.4, -0.2) is 71.3 Å². The molecule has 1 aromatic carbocycles. The van der Waals surface area contributed by atoms with E-state index in [1.807, 2.05) is 11.9 Å². The number of rotatable bonds is 6. The zero-order valence-corrected chi connectivity index (χ0v) is 19.5. The normalized spacial score (nSPS) is 14.3. The summed E-state index contributed by atoms with van der Waals surface area (Å²) in [6.07, 6.45) is 1.89. The third-order valence-electron chi connectivity index (χ3n) is 4.90. The van der Waals surface area contributed by atoms with Crippen molar-refractivity contribution in [3.63, 3.8) is 0 Å². The molecule has 1 saturated heterocycles. The lowest BCUT2D eigenvalue weighted by molar-refractivity contribution is -0.131. The van der Waals surface area contributed by atoms with Gasteiger partial charge in [-0.05, 0) is 24.3 Å². The van der Waals surface area contributed by atoms with Gasteiger partial charge in [-0.2, -0.15) is 5.10 Å². The van der Waals surface area contributed by atoms with E-state index in [9.17, 15) is 9.18 Å². The minimum absolute atomic E-state index is 0. The van der Waals surface area contributed by atoms with E-state index in [-0.39, 0.29) is 35.7 Å². The Labute approximate surface area is 192 Å². The van der Waals surface area contributed by atoms with Crippen LogP contribution in [0.25, 0.3) is 0 Å². The van der Waals surface area contributed by atoms with Crippen LogP contribution in [0.3, 0.4) is 0 Å². The van der Waals surface area contributed by atoms with Crippen LogP contribution < -0.4 is 15.5 Å². The predicted molar refractivity (Wildman–Crippen MR) is 124 cm³/mol. The maximum Gasteiger partial charge on any atom is 0.224 e. The van der Waals surface area contributed by atoms with E-state index in [4.69, 9.17) is 0 Å². The first kappa shape index (κ1) is 23.8. The summed E-state index contributed by atoms with van der Waals surface area (Å²) >= 11 is 0. The number of nitrogens with one attached hydrogen (secondary N) is 2. The molecular weight excluding hydrogens is 502 g/mol. The lowest BCUT2D eigenvalue weighted by atomic mass is 10.2. The predicted octanol–water partition coefficient (Wildman–Crippen LogP) is 0.976. The van der Waals surface area contributed by atoms with Gasteiger partial charge in [-0.1, -0.05) is 0 Å². The molecule has 1 fully saturated rings. The Bertz CT molecular complexity index is 833. The number of hydrogen-bond donors (Lipinski definition) is 2. The highest BCUT2D eigenvalue weighted by atomic mass is 127. The van der Waals surface area contributed by atoms with E-state index < -0.39 is 0 Å². The molecule has 3 rings (SSSR count). The molecule has 1 aliphatic rings. The van der Waals surface area contributed by atoms with Gasteiger partial charge < -0.3 is 20.4 Å². The molecule has 11 heteroatoms. The van der Waals surface area contributed by atoms with Crippen LogP contribution >= 0.6 is 24.0 Å². The maximum absolute atomic E-state index is 13.1. The minimum atomic E-state index is -0.240. The Kier molecular flexibility index (Phi) is 9.27. The van der Waals surface area contributed by atoms with Gasteiger partial charge in [0.05, 0.1) is 6.54 Å². The number of aromatic nitrogens is 3. The van der Waals surface area contributed by atoms with E-state index in [0.29, 0.717) is 38.6 Å². The maximum atomic E-state index is 13.1. The highest BCUT2D eigenvalue weighted by Gasteiger charge is 2.21. The quantitative estimate of drug-likeness (QED) is 0.329. The van der Waals surface area contributed by atoms with Crippen molar-refractivity contribution in [2.75, 3.05) is 44.7 Å². The molecule has 0 aliphatic carbocycles. The molecule has 2 heterocycles. The summed E-state index contributed by atoms with van der Waals surface area (Å²) in [6.45, 7) is 3.80. The van der Waals surface area contributed by atoms with Crippen molar-refractivity contribution in [3.05, 3.63) is 42.2 Å². The van der Waals surface area contributed by atoms with Crippen molar-refractivity contribution in [3.8, 4) is 0 Å². The smallest absolute Gasteiger partial charge is 0.224 e. The van der Waals surface area contributed by atoms with Gasteiger partial charge in [0.15, 0.2) is 5.96 Å². The van der Waals surface area contributed by atoms with Crippen molar-refractivity contribution in [2.24, 2.45) is 12.0 Å². The number of aryl methyl sites for hydroxylation is 1. The van der Waals surface area contributed by atoms with Crippen molar-refractivity contribution < 1.29 is 9.18 Å². The number of nitrogens with zero attached hydrogens (tertiary/aromatic N) is 6. The van der Waals surface area contributed by atoms with Gasteiger partial charge in [-0.3, -0.25) is 14.5 Å². The molecule has 1 aliphatic heterocycles. The highest BCUT2D eigenvalue weighted by molar-refractivity contribution is 14.0. The van der Waals surface area contributed by atoms with Crippen molar-refractivity contribution in [2.45, 2.75) is 13.0 Å². The van der Waals surface area contributed by atoms with E-state index in [1.165, 1.54) is 18.5 Å². The van der Waals surface area contributed by atoms with E-state index in [0.717, 1.165) is 24.6 Å². The molecule has 0 radical (unpaired) electrons. The minimum Gasteiger partial charge on any atom is -0.368 e. The fourth-order valence-electron chi connectivity index (χ4n) is 3.18. The lowest BCUT2D eigenvalue weighted by Crippen LogP contribution is -2.49. The van der Waals surface area contributed by atoms with Gasteiger partial charge in [0.2, 0.25) is 5.91 Å². The number of carbonyl (C=O) groups excluding carboxylic acids is 1. The Morgan fingerprint density at radius 2 is 1.87 bits per heavy atom. The number of guanidine groups is 1. The Morgan fingerprint density at radius 1 is 1.17 bits per heavy atom. The first-order valence-corrected chi connectivity index (χ1v) is 9.62.